The lowest BCUT2D eigenvalue weighted by Gasteiger charge is -2.36. The third-order valence-corrected chi connectivity index (χ3v) is 5.35. The molecule has 1 heterocycles. The molecular formula is C16H26OS. The SMILES string of the molecule is Cc1cc(C(O)C2(CC(C)C)CCCC2)c(C)s1. The van der Waals surface area contributed by atoms with E-state index in [9.17, 15) is 5.11 Å². The molecule has 1 aromatic heterocycles. The molecule has 1 aliphatic carbocycles. The highest BCUT2D eigenvalue weighted by Crippen LogP contribution is 2.52. The molecule has 1 unspecified atom stereocenters. The van der Waals surface area contributed by atoms with E-state index in [1.807, 2.05) is 11.3 Å². The Kier molecular flexibility index (Phi) is 4.18. The summed E-state index contributed by atoms with van der Waals surface area (Å²) in [5.41, 5.74) is 1.34. The van der Waals surface area contributed by atoms with Gasteiger partial charge in [0.05, 0.1) is 6.10 Å². The summed E-state index contributed by atoms with van der Waals surface area (Å²) in [6.07, 6.45) is 5.86. The third kappa shape index (κ3) is 2.65. The summed E-state index contributed by atoms with van der Waals surface area (Å²) in [4.78, 5) is 2.62. The van der Waals surface area contributed by atoms with E-state index in [4.69, 9.17) is 0 Å². The van der Waals surface area contributed by atoms with Crippen LogP contribution in [-0.4, -0.2) is 5.11 Å². The molecule has 0 saturated heterocycles. The van der Waals surface area contributed by atoms with Crippen molar-refractivity contribution in [3.63, 3.8) is 0 Å². The van der Waals surface area contributed by atoms with E-state index >= 15 is 0 Å². The van der Waals surface area contributed by atoms with Crippen molar-refractivity contribution >= 4 is 11.3 Å². The molecular weight excluding hydrogens is 240 g/mol. The Morgan fingerprint density at radius 3 is 2.33 bits per heavy atom. The minimum Gasteiger partial charge on any atom is -0.388 e. The zero-order valence-electron chi connectivity index (χ0n) is 12.1. The molecule has 0 radical (unpaired) electrons. The summed E-state index contributed by atoms with van der Waals surface area (Å²) in [7, 11) is 0. The lowest BCUT2D eigenvalue weighted by atomic mass is 9.72. The maximum atomic E-state index is 10.9. The average molecular weight is 266 g/mol. The van der Waals surface area contributed by atoms with Gasteiger partial charge in [-0.05, 0) is 50.7 Å². The van der Waals surface area contributed by atoms with Crippen molar-refractivity contribution in [3.8, 4) is 0 Å². The van der Waals surface area contributed by atoms with Gasteiger partial charge in [-0.2, -0.15) is 0 Å². The number of hydrogen-bond acceptors (Lipinski definition) is 2. The van der Waals surface area contributed by atoms with Crippen LogP contribution >= 0.6 is 11.3 Å². The molecule has 0 bridgehead atoms. The summed E-state index contributed by atoms with van der Waals surface area (Å²) in [5.74, 6) is 0.665. The molecule has 1 saturated carbocycles. The first-order valence-electron chi connectivity index (χ1n) is 7.19. The first-order valence-corrected chi connectivity index (χ1v) is 8.01. The fraction of sp³-hybridized carbons (Fsp3) is 0.750. The second kappa shape index (κ2) is 5.34. The minimum absolute atomic E-state index is 0.145. The fourth-order valence-electron chi connectivity index (χ4n) is 3.73. The Balaban J connectivity index is 2.28. The zero-order valence-corrected chi connectivity index (χ0v) is 12.9. The van der Waals surface area contributed by atoms with E-state index in [0.29, 0.717) is 5.92 Å². The van der Waals surface area contributed by atoms with Gasteiger partial charge in [0.25, 0.3) is 0 Å². The highest BCUT2D eigenvalue weighted by Gasteiger charge is 2.42. The molecule has 0 aliphatic heterocycles. The monoisotopic (exact) mass is 266 g/mol. The van der Waals surface area contributed by atoms with Gasteiger partial charge in [0, 0.05) is 15.2 Å². The van der Waals surface area contributed by atoms with Gasteiger partial charge in [-0.3, -0.25) is 0 Å². The van der Waals surface area contributed by atoms with Crippen LogP contribution in [0.15, 0.2) is 6.07 Å². The van der Waals surface area contributed by atoms with Crippen LogP contribution < -0.4 is 0 Å². The maximum Gasteiger partial charge on any atom is 0.0857 e. The van der Waals surface area contributed by atoms with Crippen LogP contribution in [0.5, 0.6) is 0 Å². The van der Waals surface area contributed by atoms with Gasteiger partial charge in [0.1, 0.15) is 0 Å². The number of aryl methyl sites for hydroxylation is 2. The zero-order chi connectivity index (χ0) is 13.3. The number of thiophene rings is 1. The first kappa shape index (κ1) is 14.1. The molecule has 1 aromatic rings. The Morgan fingerprint density at radius 1 is 1.28 bits per heavy atom. The molecule has 102 valence electrons. The van der Waals surface area contributed by atoms with E-state index in [2.05, 4.69) is 33.8 Å². The van der Waals surface area contributed by atoms with Crippen LogP contribution in [0.2, 0.25) is 0 Å². The van der Waals surface area contributed by atoms with Crippen molar-refractivity contribution in [1.82, 2.24) is 0 Å². The molecule has 2 heteroatoms. The third-order valence-electron chi connectivity index (χ3n) is 4.37. The summed E-state index contributed by atoms with van der Waals surface area (Å²) in [6, 6.07) is 2.20. The van der Waals surface area contributed by atoms with E-state index in [1.54, 1.807) is 0 Å². The van der Waals surface area contributed by atoms with Crippen LogP contribution in [0.3, 0.4) is 0 Å². The molecule has 0 aromatic carbocycles. The van der Waals surface area contributed by atoms with Crippen molar-refractivity contribution in [1.29, 1.82) is 0 Å². The van der Waals surface area contributed by atoms with Gasteiger partial charge in [-0.15, -0.1) is 11.3 Å². The Bertz CT molecular complexity index is 399. The van der Waals surface area contributed by atoms with Gasteiger partial charge >= 0.3 is 0 Å². The molecule has 1 atom stereocenters. The molecule has 1 aliphatic rings. The van der Waals surface area contributed by atoms with Crippen molar-refractivity contribution < 1.29 is 5.11 Å². The van der Waals surface area contributed by atoms with Crippen molar-refractivity contribution in [2.75, 3.05) is 0 Å². The van der Waals surface area contributed by atoms with Crippen LogP contribution in [0.25, 0.3) is 0 Å². The Labute approximate surface area is 115 Å². The highest BCUT2D eigenvalue weighted by molar-refractivity contribution is 7.12. The predicted octanol–water partition coefficient (Wildman–Crippen LogP) is 5.00. The standard InChI is InChI=1S/C16H26OS/c1-11(2)10-16(7-5-6-8-16)15(17)14-9-12(3)18-13(14)4/h9,11,15,17H,5-8,10H2,1-4H3. The summed E-state index contributed by atoms with van der Waals surface area (Å²) < 4.78 is 0. The Hall–Kier alpha value is -0.340. The summed E-state index contributed by atoms with van der Waals surface area (Å²) in [6.45, 7) is 8.84. The van der Waals surface area contributed by atoms with Crippen molar-refractivity contribution in [2.45, 2.75) is 65.9 Å². The van der Waals surface area contributed by atoms with Crippen LogP contribution in [0, 0.1) is 25.2 Å². The maximum absolute atomic E-state index is 10.9. The highest BCUT2D eigenvalue weighted by atomic mass is 32.1. The summed E-state index contributed by atoms with van der Waals surface area (Å²) in [5, 5.41) is 10.9. The number of rotatable bonds is 4. The van der Waals surface area contributed by atoms with E-state index in [0.717, 1.165) is 6.42 Å². The largest absolute Gasteiger partial charge is 0.388 e. The molecule has 2 rings (SSSR count). The lowest BCUT2D eigenvalue weighted by Crippen LogP contribution is -2.27. The van der Waals surface area contributed by atoms with Gasteiger partial charge in [-0.1, -0.05) is 26.7 Å². The topological polar surface area (TPSA) is 20.2 Å². The summed E-state index contributed by atoms with van der Waals surface area (Å²) >= 11 is 1.81. The van der Waals surface area contributed by atoms with E-state index in [1.165, 1.54) is 41.0 Å². The van der Waals surface area contributed by atoms with E-state index in [-0.39, 0.29) is 11.5 Å². The fourth-order valence-corrected chi connectivity index (χ4v) is 4.69. The normalized spacial score (nSPS) is 20.6. The number of aliphatic hydroxyl groups is 1. The van der Waals surface area contributed by atoms with Crippen LogP contribution in [-0.2, 0) is 0 Å². The van der Waals surface area contributed by atoms with Crippen molar-refractivity contribution in [2.24, 2.45) is 11.3 Å². The second-order valence-corrected chi connectivity index (χ2v) is 7.90. The van der Waals surface area contributed by atoms with Gasteiger partial charge in [-0.25, -0.2) is 0 Å². The van der Waals surface area contributed by atoms with E-state index < -0.39 is 0 Å². The Morgan fingerprint density at radius 2 is 1.89 bits per heavy atom. The second-order valence-electron chi connectivity index (χ2n) is 6.44. The smallest absolute Gasteiger partial charge is 0.0857 e. The number of aliphatic hydroxyl groups excluding tert-OH is 1. The van der Waals surface area contributed by atoms with Gasteiger partial charge in [0.2, 0.25) is 0 Å². The molecule has 0 amide bonds. The van der Waals surface area contributed by atoms with Gasteiger partial charge < -0.3 is 5.11 Å². The van der Waals surface area contributed by atoms with Gasteiger partial charge in [0.15, 0.2) is 0 Å². The molecule has 18 heavy (non-hydrogen) atoms. The molecule has 1 N–H and O–H groups in total. The molecule has 0 spiro atoms. The van der Waals surface area contributed by atoms with Crippen LogP contribution in [0.4, 0.5) is 0 Å². The quantitative estimate of drug-likeness (QED) is 0.812. The van der Waals surface area contributed by atoms with Crippen LogP contribution in [0.1, 0.15) is 67.4 Å². The molecule has 1 nitrogen and oxygen atoms in total. The van der Waals surface area contributed by atoms with Crippen molar-refractivity contribution in [3.05, 3.63) is 21.4 Å². The predicted molar refractivity (Wildman–Crippen MR) is 79.1 cm³/mol. The minimum atomic E-state index is -0.257. The average Bonchev–Trinajstić information content (AvgIpc) is 2.84. The first-order chi connectivity index (χ1) is 8.44. The number of hydrogen-bond donors (Lipinski definition) is 1. The molecule has 1 fully saturated rings. The lowest BCUT2D eigenvalue weighted by molar-refractivity contribution is 0.0111.